The molecule has 0 spiro atoms. The van der Waals surface area contributed by atoms with Gasteiger partial charge in [-0.25, -0.2) is 4.98 Å². The summed E-state index contributed by atoms with van der Waals surface area (Å²) in [7, 11) is 0. The van der Waals surface area contributed by atoms with E-state index in [0.717, 1.165) is 46.9 Å². The van der Waals surface area contributed by atoms with Crippen molar-refractivity contribution in [3.63, 3.8) is 0 Å². The van der Waals surface area contributed by atoms with Crippen molar-refractivity contribution in [1.82, 2.24) is 24.9 Å². The van der Waals surface area contributed by atoms with Gasteiger partial charge in [-0.05, 0) is 30.1 Å². The van der Waals surface area contributed by atoms with Crippen LogP contribution in [0.15, 0.2) is 24.3 Å². The number of aryl methyl sites for hydroxylation is 1. The lowest BCUT2D eigenvalue weighted by Gasteiger charge is -2.01. The summed E-state index contributed by atoms with van der Waals surface area (Å²) in [6.45, 7) is 2.41. The number of fused-ring (bicyclic) bond motifs is 1. The highest BCUT2D eigenvalue weighted by Gasteiger charge is 2.15. The molecule has 21 heavy (non-hydrogen) atoms. The fourth-order valence-electron chi connectivity index (χ4n) is 2.12. The zero-order valence-corrected chi connectivity index (χ0v) is 12.4. The van der Waals surface area contributed by atoms with Crippen molar-refractivity contribution in [1.29, 1.82) is 0 Å². The number of hydrogen-bond acceptors (Lipinski definition) is 5. The molecular weight excluding hydrogens is 286 g/mol. The molecule has 2 N–H and O–H groups in total. The molecule has 3 rings (SSSR count). The monoisotopic (exact) mass is 301 g/mol. The smallest absolute Gasteiger partial charge is 0.265 e. The molecule has 2 heterocycles. The van der Waals surface area contributed by atoms with E-state index in [9.17, 15) is 4.79 Å². The molecule has 7 heteroatoms. The summed E-state index contributed by atoms with van der Waals surface area (Å²) >= 11 is 1.13. The first-order valence-corrected chi connectivity index (χ1v) is 7.58. The second-order valence-electron chi connectivity index (χ2n) is 4.68. The number of amides is 1. The quantitative estimate of drug-likeness (QED) is 0.757. The van der Waals surface area contributed by atoms with E-state index in [1.165, 1.54) is 0 Å². The first-order valence-electron chi connectivity index (χ1n) is 6.81. The fraction of sp³-hybridized carbons (Fsp3) is 0.286. The van der Waals surface area contributed by atoms with Crippen LogP contribution in [0.5, 0.6) is 0 Å². The van der Waals surface area contributed by atoms with Crippen molar-refractivity contribution >= 4 is 28.5 Å². The number of aromatic nitrogens is 4. The van der Waals surface area contributed by atoms with Gasteiger partial charge < -0.3 is 10.3 Å². The molecule has 0 aliphatic carbocycles. The van der Waals surface area contributed by atoms with Crippen LogP contribution in [0.25, 0.3) is 11.0 Å². The summed E-state index contributed by atoms with van der Waals surface area (Å²) in [5.41, 5.74) is 2.63. The third kappa shape index (κ3) is 2.92. The largest absolute Gasteiger partial charge is 0.344 e. The molecule has 0 saturated heterocycles. The molecule has 0 saturated carbocycles. The van der Waals surface area contributed by atoms with E-state index in [1.54, 1.807) is 0 Å². The molecule has 0 unspecified atom stereocenters. The highest BCUT2D eigenvalue weighted by molar-refractivity contribution is 7.08. The summed E-state index contributed by atoms with van der Waals surface area (Å²) < 4.78 is 3.86. The van der Waals surface area contributed by atoms with Gasteiger partial charge in [-0.15, -0.1) is 5.10 Å². The first kappa shape index (κ1) is 13.7. The Bertz CT molecular complexity index is 730. The number of nitrogens with one attached hydrogen (secondary N) is 2. The molecule has 0 atom stereocenters. The molecule has 1 amide bonds. The van der Waals surface area contributed by atoms with Gasteiger partial charge >= 0.3 is 0 Å². The van der Waals surface area contributed by atoms with Gasteiger partial charge in [0.1, 0.15) is 10.7 Å². The van der Waals surface area contributed by atoms with E-state index in [1.807, 2.05) is 24.3 Å². The van der Waals surface area contributed by atoms with Crippen LogP contribution >= 0.6 is 11.5 Å². The van der Waals surface area contributed by atoms with Crippen LogP contribution in [0.4, 0.5) is 0 Å². The maximum absolute atomic E-state index is 12.2. The molecule has 0 aliphatic heterocycles. The number of carbonyl (C=O) groups excluding carboxylic acids is 1. The molecule has 2 aromatic heterocycles. The lowest BCUT2D eigenvalue weighted by molar-refractivity contribution is 0.0953. The minimum Gasteiger partial charge on any atom is -0.344 e. The Morgan fingerprint density at radius 1 is 1.38 bits per heavy atom. The van der Waals surface area contributed by atoms with Gasteiger partial charge in [0.15, 0.2) is 0 Å². The fourth-order valence-corrected chi connectivity index (χ4v) is 2.74. The highest BCUT2D eigenvalue weighted by atomic mass is 32.1. The Kier molecular flexibility index (Phi) is 3.92. The summed E-state index contributed by atoms with van der Waals surface area (Å²) in [4.78, 5) is 20.4. The van der Waals surface area contributed by atoms with E-state index >= 15 is 0 Å². The van der Waals surface area contributed by atoms with E-state index in [4.69, 9.17) is 0 Å². The van der Waals surface area contributed by atoms with Gasteiger partial charge in [0, 0.05) is 0 Å². The standard InChI is InChI=1S/C14H15N5OS/c1-2-5-11-13(21-19-18-11)14(20)15-8-12-16-9-6-3-4-7-10(9)17-12/h3-4,6-7H,2,5,8H2,1H3,(H,15,20)(H,16,17). The molecule has 0 aliphatic rings. The second kappa shape index (κ2) is 6.01. The Morgan fingerprint density at radius 3 is 3.05 bits per heavy atom. The zero-order chi connectivity index (χ0) is 14.7. The Balaban J connectivity index is 1.69. The second-order valence-corrected chi connectivity index (χ2v) is 5.44. The molecule has 0 fully saturated rings. The van der Waals surface area contributed by atoms with E-state index in [2.05, 4.69) is 31.8 Å². The molecular formula is C14H15N5OS. The predicted molar refractivity (Wildman–Crippen MR) is 81.2 cm³/mol. The van der Waals surface area contributed by atoms with Crippen LogP contribution in [0, 0.1) is 0 Å². The number of nitrogens with zero attached hydrogens (tertiary/aromatic N) is 3. The number of para-hydroxylation sites is 2. The normalized spacial score (nSPS) is 10.9. The van der Waals surface area contributed by atoms with Crippen molar-refractivity contribution in [2.24, 2.45) is 0 Å². The third-order valence-corrected chi connectivity index (χ3v) is 3.87. The summed E-state index contributed by atoms with van der Waals surface area (Å²) in [6, 6.07) is 7.78. The maximum atomic E-state index is 12.2. The van der Waals surface area contributed by atoms with Gasteiger partial charge in [-0.1, -0.05) is 30.0 Å². The molecule has 0 radical (unpaired) electrons. The minimum absolute atomic E-state index is 0.145. The van der Waals surface area contributed by atoms with Crippen molar-refractivity contribution in [2.45, 2.75) is 26.3 Å². The van der Waals surface area contributed by atoms with Crippen molar-refractivity contribution in [3.05, 3.63) is 40.7 Å². The van der Waals surface area contributed by atoms with Crippen molar-refractivity contribution in [3.8, 4) is 0 Å². The molecule has 0 bridgehead atoms. The summed E-state index contributed by atoms with van der Waals surface area (Å²) in [5.74, 6) is 0.591. The number of rotatable bonds is 5. The van der Waals surface area contributed by atoms with Gasteiger partial charge in [0.05, 0.1) is 23.3 Å². The van der Waals surface area contributed by atoms with Gasteiger partial charge in [0.25, 0.3) is 5.91 Å². The van der Waals surface area contributed by atoms with Crippen LogP contribution in [0.2, 0.25) is 0 Å². The highest BCUT2D eigenvalue weighted by Crippen LogP contribution is 2.13. The Hall–Kier alpha value is -2.28. The lowest BCUT2D eigenvalue weighted by Crippen LogP contribution is -2.23. The van der Waals surface area contributed by atoms with Crippen LogP contribution < -0.4 is 5.32 Å². The van der Waals surface area contributed by atoms with Crippen LogP contribution in [0.1, 0.15) is 34.5 Å². The predicted octanol–water partition coefficient (Wildman–Crippen LogP) is 2.30. The number of carbonyl (C=O) groups is 1. The summed E-state index contributed by atoms with van der Waals surface area (Å²) in [6.07, 6.45) is 1.71. The maximum Gasteiger partial charge on any atom is 0.265 e. The number of hydrogen-bond donors (Lipinski definition) is 2. The van der Waals surface area contributed by atoms with Crippen molar-refractivity contribution in [2.75, 3.05) is 0 Å². The van der Waals surface area contributed by atoms with Gasteiger partial charge in [0.2, 0.25) is 0 Å². The lowest BCUT2D eigenvalue weighted by atomic mass is 10.2. The van der Waals surface area contributed by atoms with Crippen LogP contribution in [0.3, 0.4) is 0 Å². The van der Waals surface area contributed by atoms with Crippen LogP contribution in [-0.4, -0.2) is 25.5 Å². The van der Waals surface area contributed by atoms with Crippen LogP contribution in [-0.2, 0) is 13.0 Å². The molecule has 6 nitrogen and oxygen atoms in total. The van der Waals surface area contributed by atoms with Crippen molar-refractivity contribution < 1.29 is 4.79 Å². The summed E-state index contributed by atoms with van der Waals surface area (Å²) in [5, 5.41) is 6.86. The van der Waals surface area contributed by atoms with Gasteiger partial charge in [-0.2, -0.15) is 0 Å². The SMILES string of the molecule is CCCc1nnsc1C(=O)NCc1nc2ccccc2[nH]1. The average Bonchev–Trinajstić information content (AvgIpc) is 3.11. The first-order chi connectivity index (χ1) is 10.3. The molecule has 3 aromatic rings. The van der Waals surface area contributed by atoms with E-state index in [0.29, 0.717) is 11.4 Å². The zero-order valence-electron chi connectivity index (χ0n) is 11.6. The Labute approximate surface area is 125 Å². The van der Waals surface area contributed by atoms with Gasteiger partial charge in [-0.3, -0.25) is 4.79 Å². The number of H-pyrrole nitrogens is 1. The number of imidazole rings is 1. The molecule has 1 aromatic carbocycles. The third-order valence-electron chi connectivity index (χ3n) is 3.10. The Morgan fingerprint density at radius 2 is 2.24 bits per heavy atom. The number of benzene rings is 1. The van der Waals surface area contributed by atoms with E-state index in [-0.39, 0.29) is 5.91 Å². The topological polar surface area (TPSA) is 83.6 Å². The minimum atomic E-state index is -0.145. The number of aromatic amines is 1. The average molecular weight is 301 g/mol. The molecule has 108 valence electrons. The van der Waals surface area contributed by atoms with E-state index < -0.39 is 0 Å².